The minimum Gasteiger partial charge on any atom is -0.394 e. The number of nitrogens with zero attached hydrogens (tertiary/aromatic N) is 3. The van der Waals surface area contributed by atoms with Crippen molar-refractivity contribution in [2.24, 2.45) is 0 Å². The number of ether oxygens (including phenoxy) is 1. The maximum Gasteiger partial charge on any atom is 0.300 e. The Balaban J connectivity index is 1.91. The third-order valence-corrected chi connectivity index (χ3v) is 3.81. The molecule has 130 valence electrons. The van der Waals surface area contributed by atoms with E-state index in [-0.39, 0.29) is 22.4 Å². The van der Waals surface area contributed by atoms with Crippen LogP contribution < -0.4 is 5.32 Å². The number of hydrogen-bond acceptors (Lipinski definition) is 11. The van der Waals surface area contributed by atoms with Gasteiger partial charge in [-0.05, 0) is 16.4 Å². The number of aromatic nitrogens is 2. The lowest BCUT2D eigenvalue weighted by atomic mass is 9.96. The molecule has 1 aliphatic heterocycles. The predicted octanol–water partition coefficient (Wildman–Crippen LogP) is -1.66. The molecule has 5 atom stereocenters. The molecule has 0 aliphatic carbocycles. The Kier molecular flexibility index (Phi) is 4.29. The number of aliphatic hydroxyl groups excluding tert-OH is 4. The number of anilines is 1. The predicted molar refractivity (Wildman–Crippen MR) is 75.8 cm³/mol. The van der Waals surface area contributed by atoms with E-state index < -0.39 is 42.2 Å². The quantitative estimate of drug-likeness (QED) is 0.316. The van der Waals surface area contributed by atoms with E-state index in [9.17, 15) is 25.4 Å². The van der Waals surface area contributed by atoms with E-state index >= 15 is 0 Å². The molecule has 3 unspecified atom stereocenters. The van der Waals surface area contributed by atoms with Gasteiger partial charge in [-0.15, -0.1) is 0 Å². The molecule has 0 saturated carbocycles. The number of benzene rings is 1. The van der Waals surface area contributed by atoms with Gasteiger partial charge in [-0.25, -0.2) is 4.63 Å². The van der Waals surface area contributed by atoms with Gasteiger partial charge in [0.15, 0.2) is 11.8 Å². The highest BCUT2D eigenvalue weighted by atomic mass is 16.6. The Morgan fingerprint density at radius 1 is 1.21 bits per heavy atom. The van der Waals surface area contributed by atoms with E-state index in [0.29, 0.717) is 0 Å². The van der Waals surface area contributed by atoms with E-state index in [4.69, 9.17) is 9.84 Å². The zero-order valence-electron chi connectivity index (χ0n) is 12.0. The van der Waals surface area contributed by atoms with Gasteiger partial charge in [-0.3, -0.25) is 10.1 Å². The van der Waals surface area contributed by atoms with Crippen molar-refractivity contribution in [2.75, 3.05) is 11.9 Å². The lowest BCUT2D eigenvalue weighted by Gasteiger charge is -2.40. The molecule has 0 amide bonds. The van der Waals surface area contributed by atoms with Gasteiger partial charge in [-0.1, -0.05) is 0 Å². The molecule has 3 rings (SSSR count). The van der Waals surface area contributed by atoms with Crippen LogP contribution in [0.4, 0.5) is 11.4 Å². The van der Waals surface area contributed by atoms with Gasteiger partial charge in [0, 0.05) is 6.07 Å². The van der Waals surface area contributed by atoms with Crippen LogP contribution in [0.2, 0.25) is 0 Å². The van der Waals surface area contributed by atoms with Crippen molar-refractivity contribution in [1.82, 2.24) is 10.3 Å². The first-order valence-electron chi connectivity index (χ1n) is 6.90. The lowest BCUT2D eigenvalue weighted by molar-refractivity contribution is -0.383. The van der Waals surface area contributed by atoms with Gasteiger partial charge < -0.3 is 30.5 Å². The molecule has 0 spiro atoms. The van der Waals surface area contributed by atoms with Crippen LogP contribution in [-0.2, 0) is 4.74 Å². The third-order valence-electron chi connectivity index (χ3n) is 3.81. The molecule has 0 bridgehead atoms. The van der Waals surface area contributed by atoms with Gasteiger partial charge in [0.05, 0.1) is 17.2 Å². The second-order valence-electron chi connectivity index (χ2n) is 5.25. The second kappa shape index (κ2) is 6.26. The number of aliphatic hydroxyl groups is 4. The summed E-state index contributed by atoms with van der Waals surface area (Å²) in [5.74, 6) is 0. The molecular formula is C12H14N4O8. The van der Waals surface area contributed by atoms with Crippen molar-refractivity contribution in [3.05, 3.63) is 22.2 Å². The Morgan fingerprint density at radius 2 is 1.92 bits per heavy atom. The minimum atomic E-state index is -1.55. The van der Waals surface area contributed by atoms with E-state index in [1.807, 2.05) is 0 Å². The number of nitro groups is 1. The maximum absolute atomic E-state index is 10.9. The van der Waals surface area contributed by atoms with Crippen LogP contribution in [0.25, 0.3) is 11.0 Å². The zero-order valence-corrected chi connectivity index (χ0v) is 12.0. The average Bonchev–Trinajstić information content (AvgIpc) is 3.04. The van der Waals surface area contributed by atoms with Crippen LogP contribution in [0, 0.1) is 10.1 Å². The summed E-state index contributed by atoms with van der Waals surface area (Å²) >= 11 is 0. The molecule has 1 saturated heterocycles. The Labute approximate surface area is 133 Å². The van der Waals surface area contributed by atoms with Crippen LogP contribution in [-0.4, -0.2) is 72.9 Å². The fraction of sp³-hybridized carbons (Fsp3) is 0.500. The third kappa shape index (κ3) is 2.65. The van der Waals surface area contributed by atoms with Crippen molar-refractivity contribution in [1.29, 1.82) is 0 Å². The molecule has 0 radical (unpaired) electrons. The largest absolute Gasteiger partial charge is 0.394 e. The van der Waals surface area contributed by atoms with E-state index in [1.165, 1.54) is 6.07 Å². The molecule has 1 aromatic carbocycles. The normalized spacial score (nSPS) is 30.4. The van der Waals surface area contributed by atoms with Gasteiger partial charge in [0.2, 0.25) is 5.52 Å². The van der Waals surface area contributed by atoms with Gasteiger partial charge >= 0.3 is 5.69 Å². The van der Waals surface area contributed by atoms with E-state index in [0.717, 1.165) is 6.07 Å². The van der Waals surface area contributed by atoms with Gasteiger partial charge in [0.25, 0.3) is 0 Å². The van der Waals surface area contributed by atoms with Crippen LogP contribution in [0.15, 0.2) is 16.8 Å². The molecule has 12 nitrogen and oxygen atoms in total. The van der Waals surface area contributed by atoms with Crippen LogP contribution >= 0.6 is 0 Å². The SMILES string of the molecule is O=[N+]([O-])c1ccc(NC2C(O)OC(CO)[C@H](O)[C@H]2O)c2nonc12. The van der Waals surface area contributed by atoms with Gasteiger partial charge in [0.1, 0.15) is 24.4 Å². The Morgan fingerprint density at radius 3 is 2.58 bits per heavy atom. The molecule has 2 aromatic rings. The van der Waals surface area contributed by atoms with E-state index in [2.05, 4.69) is 20.3 Å². The molecular weight excluding hydrogens is 328 g/mol. The summed E-state index contributed by atoms with van der Waals surface area (Å²) in [4.78, 5) is 10.3. The van der Waals surface area contributed by atoms with Crippen LogP contribution in [0.5, 0.6) is 0 Å². The molecule has 1 aromatic heterocycles. The highest BCUT2D eigenvalue weighted by Gasteiger charge is 2.44. The van der Waals surface area contributed by atoms with Crippen LogP contribution in [0.3, 0.4) is 0 Å². The minimum absolute atomic E-state index is 0.0161. The summed E-state index contributed by atoms with van der Waals surface area (Å²) < 4.78 is 9.54. The highest BCUT2D eigenvalue weighted by Crippen LogP contribution is 2.31. The van der Waals surface area contributed by atoms with Crippen molar-refractivity contribution in [3.63, 3.8) is 0 Å². The molecule has 5 N–H and O–H groups in total. The summed E-state index contributed by atoms with van der Waals surface area (Å²) in [5, 5.41) is 59.7. The fourth-order valence-electron chi connectivity index (χ4n) is 2.55. The van der Waals surface area contributed by atoms with Crippen molar-refractivity contribution in [2.45, 2.75) is 30.6 Å². The monoisotopic (exact) mass is 342 g/mol. The molecule has 1 fully saturated rings. The number of hydrogen-bond donors (Lipinski definition) is 5. The summed E-state index contributed by atoms with van der Waals surface area (Å²) in [7, 11) is 0. The second-order valence-corrected chi connectivity index (χ2v) is 5.25. The molecule has 12 heteroatoms. The fourth-order valence-corrected chi connectivity index (χ4v) is 2.55. The molecule has 24 heavy (non-hydrogen) atoms. The number of fused-ring (bicyclic) bond motifs is 1. The Bertz CT molecular complexity index is 752. The molecule has 1 aliphatic rings. The first-order valence-corrected chi connectivity index (χ1v) is 6.90. The first kappa shape index (κ1) is 16.5. The smallest absolute Gasteiger partial charge is 0.300 e. The standard InChI is InChI=1S/C12H14N4O8/c17-3-6-10(18)11(19)9(12(20)23-6)13-4-1-2-5(16(21)22)8-7(4)14-24-15-8/h1-2,6,9-13,17-20H,3H2/t6?,9?,10-,11-,12?/m0/s1. The summed E-state index contributed by atoms with van der Waals surface area (Å²) in [5.41, 5.74) is -0.238. The average molecular weight is 342 g/mol. The van der Waals surface area contributed by atoms with Crippen molar-refractivity contribution < 1.29 is 34.7 Å². The van der Waals surface area contributed by atoms with Gasteiger partial charge in [-0.2, -0.15) is 0 Å². The van der Waals surface area contributed by atoms with Crippen molar-refractivity contribution in [3.8, 4) is 0 Å². The number of rotatable bonds is 4. The Hall–Kier alpha value is -2.38. The number of nitro benzene ring substituents is 1. The number of non-ortho nitro benzene ring substituents is 1. The summed E-state index contributed by atoms with van der Waals surface area (Å²) in [6.07, 6.45) is -5.61. The highest BCUT2D eigenvalue weighted by molar-refractivity contribution is 5.93. The molecule has 2 heterocycles. The van der Waals surface area contributed by atoms with E-state index in [1.54, 1.807) is 0 Å². The van der Waals surface area contributed by atoms with Crippen molar-refractivity contribution >= 4 is 22.4 Å². The van der Waals surface area contributed by atoms with Crippen LogP contribution in [0.1, 0.15) is 0 Å². The first-order chi connectivity index (χ1) is 11.4. The summed E-state index contributed by atoms with van der Waals surface area (Å²) in [6.45, 7) is -0.586. The topological polar surface area (TPSA) is 184 Å². The maximum atomic E-state index is 10.9. The zero-order chi connectivity index (χ0) is 17.4. The lowest BCUT2D eigenvalue weighted by Crippen LogP contribution is -2.61. The summed E-state index contributed by atoms with van der Waals surface area (Å²) in [6, 6.07) is 1.28. The number of nitrogens with one attached hydrogen (secondary N) is 1.